The van der Waals surface area contributed by atoms with Gasteiger partial charge in [-0.2, -0.15) is 0 Å². The zero-order valence-corrected chi connectivity index (χ0v) is 25.9. The molecule has 0 aliphatic carbocycles. The van der Waals surface area contributed by atoms with Crippen LogP contribution in [0.25, 0.3) is 11.4 Å². The number of anilines is 2. The molecule has 6 rings (SSSR count). The number of rotatable bonds is 6. The molecule has 2 aromatic heterocycles. The van der Waals surface area contributed by atoms with Crippen molar-refractivity contribution in [3.05, 3.63) is 101 Å². The lowest BCUT2D eigenvalue weighted by molar-refractivity contribution is 0.0577. The molecular formula is C34H37BrN6O. The molecule has 216 valence electrons. The topological polar surface area (TPSA) is 65.5 Å². The van der Waals surface area contributed by atoms with E-state index < -0.39 is 0 Å². The van der Waals surface area contributed by atoms with Crippen LogP contribution in [0.5, 0.6) is 0 Å². The van der Waals surface area contributed by atoms with E-state index in [1.165, 1.54) is 11.4 Å². The van der Waals surface area contributed by atoms with Crippen molar-refractivity contribution < 1.29 is 4.79 Å². The Kier molecular flexibility index (Phi) is 8.63. The molecule has 2 aromatic carbocycles. The molecule has 4 heterocycles. The van der Waals surface area contributed by atoms with Crippen LogP contribution in [0, 0.1) is 13.8 Å². The van der Waals surface area contributed by atoms with Crippen LogP contribution in [0.2, 0.25) is 0 Å². The number of carbonyl (C=O) groups is 1. The number of hydrogen-bond donors (Lipinski definition) is 0. The number of pyridine rings is 1. The van der Waals surface area contributed by atoms with Gasteiger partial charge >= 0.3 is 0 Å². The van der Waals surface area contributed by atoms with E-state index in [1.54, 1.807) is 12.4 Å². The quantitative estimate of drug-likeness (QED) is 0.234. The standard InChI is InChI=1S/C34H37BrN6O/c1-24-32(25(2)38-33(37-24)26-12-18-36-19-13-26)34(42)40-22-14-28(15-23-40)39-20-16-31(17-21-39)41(29-6-4-3-5-7-29)30-10-8-27(35)9-11-30/h3-13,18-19,28,31H,14-17,20-23H2,1-2H3. The van der Waals surface area contributed by atoms with Crippen molar-refractivity contribution in [2.45, 2.75) is 51.6 Å². The van der Waals surface area contributed by atoms with E-state index in [2.05, 4.69) is 95.3 Å². The van der Waals surface area contributed by atoms with Gasteiger partial charge in [0.05, 0.1) is 17.0 Å². The summed E-state index contributed by atoms with van der Waals surface area (Å²) in [5, 5.41) is 0. The largest absolute Gasteiger partial charge is 0.338 e. The molecule has 0 N–H and O–H groups in total. The maximum absolute atomic E-state index is 13.6. The van der Waals surface area contributed by atoms with Crippen molar-refractivity contribution in [3.63, 3.8) is 0 Å². The number of aryl methyl sites for hydroxylation is 2. The molecule has 0 spiro atoms. The van der Waals surface area contributed by atoms with Crippen LogP contribution >= 0.6 is 15.9 Å². The van der Waals surface area contributed by atoms with Gasteiger partial charge in [-0.3, -0.25) is 9.78 Å². The van der Waals surface area contributed by atoms with E-state index in [-0.39, 0.29) is 5.91 Å². The first kappa shape index (κ1) is 28.5. The minimum absolute atomic E-state index is 0.0523. The minimum atomic E-state index is 0.0523. The van der Waals surface area contributed by atoms with Gasteiger partial charge in [-0.1, -0.05) is 34.1 Å². The van der Waals surface area contributed by atoms with Gasteiger partial charge in [0.25, 0.3) is 5.91 Å². The highest BCUT2D eigenvalue weighted by atomic mass is 79.9. The normalized spacial score (nSPS) is 16.9. The van der Waals surface area contributed by atoms with Gasteiger partial charge < -0.3 is 14.7 Å². The molecule has 4 aromatic rings. The number of aromatic nitrogens is 3. The van der Waals surface area contributed by atoms with E-state index in [1.807, 2.05) is 30.9 Å². The Morgan fingerprint density at radius 1 is 0.786 bits per heavy atom. The van der Waals surface area contributed by atoms with Crippen molar-refractivity contribution in [1.29, 1.82) is 0 Å². The summed E-state index contributed by atoms with van der Waals surface area (Å²) in [6.07, 6.45) is 7.69. The number of hydrogen-bond acceptors (Lipinski definition) is 6. The predicted octanol–water partition coefficient (Wildman–Crippen LogP) is 6.83. The molecule has 2 aliphatic heterocycles. The highest BCUT2D eigenvalue weighted by Crippen LogP contribution is 2.34. The number of nitrogens with zero attached hydrogens (tertiary/aromatic N) is 6. The van der Waals surface area contributed by atoms with Crippen LogP contribution in [0.1, 0.15) is 47.4 Å². The van der Waals surface area contributed by atoms with Gasteiger partial charge in [-0.05, 0) is 88.1 Å². The van der Waals surface area contributed by atoms with E-state index >= 15 is 0 Å². The third kappa shape index (κ3) is 6.10. The number of amides is 1. The van der Waals surface area contributed by atoms with Crippen molar-refractivity contribution in [1.82, 2.24) is 24.8 Å². The Hall–Kier alpha value is -3.62. The van der Waals surface area contributed by atoms with Crippen molar-refractivity contribution >= 4 is 33.2 Å². The zero-order chi connectivity index (χ0) is 29.1. The van der Waals surface area contributed by atoms with Gasteiger partial charge in [0.15, 0.2) is 5.82 Å². The van der Waals surface area contributed by atoms with E-state index in [4.69, 9.17) is 0 Å². The summed E-state index contributed by atoms with van der Waals surface area (Å²) in [7, 11) is 0. The first-order valence-corrected chi connectivity index (χ1v) is 15.7. The first-order valence-electron chi connectivity index (χ1n) is 14.9. The maximum Gasteiger partial charge on any atom is 0.257 e. The number of para-hydroxylation sites is 1. The van der Waals surface area contributed by atoms with Crippen LogP contribution in [0.4, 0.5) is 11.4 Å². The molecule has 2 fully saturated rings. The lowest BCUT2D eigenvalue weighted by Gasteiger charge is -2.44. The van der Waals surface area contributed by atoms with Gasteiger partial charge in [0, 0.05) is 72.1 Å². The van der Waals surface area contributed by atoms with Gasteiger partial charge in [-0.15, -0.1) is 0 Å². The average molecular weight is 626 g/mol. The summed E-state index contributed by atoms with van der Waals surface area (Å²) in [4.78, 5) is 34.2. The van der Waals surface area contributed by atoms with Crippen molar-refractivity contribution in [2.24, 2.45) is 0 Å². The molecular weight excluding hydrogens is 588 g/mol. The third-order valence-electron chi connectivity index (χ3n) is 8.69. The van der Waals surface area contributed by atoms with Crippen molar-refractivity contribution in [2.75, 3.05) is 31.1 Å². The minimum Gasteiger partial charge on any atom is -0.338 e. The SMILES string of the molecule is Cc1nc(-c2ccncc2)nc(C)c1C(=O)N1CCC(N2CCC(N(c3ccccc3)c3ccc(Br)cc3)CC2)CC1. The summed E-state index contributed by atoms with van der Waals surface area (Å²) >= 11 is 3.59. The number of benzene rings is 2. The molecule has 0 unspecified atom stereocenters. The summed E-state index contributed by atoms with van der Waals surface area (Å²) < 4.78 is 1.10. The van der Waals surface area contributed by atoms with Crippen LogP contribution in [-0.4, -0.2) is 68.9 Å². The molecule has 1 amide bonds. The Labute approximate surface area is 256 Å². The highest BCUT2D eigenvalue weighted by molar-refractivity contribution is 9.10. The Morgan fingerprint density at radius 3 is 2.00 bits per heavy atom. The Morgan fingerprint density at radius 2 is 1.38 bits per heavy atom. The second-order valence-corrected chi connectivity index (χ2v) is 12.2. The van der Waals surface area contributed by atoms with Gasteiger partial charge in [0.1, 0.15) is 0 Å². The number of piperidine rings is 2. The molecule has 42 heavy (non-hydrogen) atoms. The lowest BCUT2D eigenvalue weighted by atomic mass is 9.95. The average Bonchev–Trinajstić information content (AvgIpc) is 3.03. The molecule has 2 aliphatic rings. The smallest absolute Gasteiger partial charge is 0.257 e. The summed E-state index contributed by atoms with van der Waals surface area (Å²) in [5.41, 5.74) is 5.49. The Bertz CT molecular complexity index is 1480. The molecule has 0 saturated carbocycles. The summed E-state index contributed by atoms with van der Waals surface area (Å²) in [6.45, 7) is 7.51. The maximum atomic E-state index is 13.6. The van der Waals surface area contributed by atoms with Crippen LogP contribution in [0.3, 0.4) is 0 Å². The second-order valence-electron chi connectivity index (χ2n) is 11.3. The predicted molar refractivity (Wildman–Crippen MR) is 171 cm³/mol. The van der Waals surface area contributed by atoms with Gasteiger partial charge in [-0.25, -0.2) is 9.97 Å². The van der Waals surface area contributed by atoms with Crippen LogP contribution in [-0.2, 0) is 0 Å². The van der Waals surface area contributed by atoms with Crippen LogP contribution < -0.4 is 4.90 Å². The first-order chi connectivity index (χ1) is 20.5. The molecule has 0 radical (unpaired) electrons. The molecule has 2 saturated heterocycles. The van der Waals surface area contributed by atoms with E-state index in [0.717, 1.165) is 73.3 Å². The summed E-state index contributed by atoms with van der Waals surface area (Å²) in [6, 6.07) is 24.2. The molecule has 7 nitrogen and oxygen atoms in total. The lowest BCUT2D eigenvalue weighted by Crippen LogP contribution is -2.51. The second kappa shape index (κ2) is 12.7. The fraction of sp³-hybridized carbons (Fsp3) is 0.353. The van der Waals surface area contributed by atoms with E-state index in [9.17, 15) is 4.79 Å². The highest BCUT2D eigenvalue weighted by Gasteiger charge is 2.33. The zero-order valence-electron chi connectivity index (χ0n) is 24.3. The molecule has 8 heteroatoms. The third-order valence-corrected chi connectivity index (χ3v) is 9.22. The number of likely N-dealkylation sites (tertiary alicyclic amines) is 2. The number of halogens is 1. The molecule has 0 atom stereocenters. The fourth-order valence-electron chi connectivity index (χ4n) is 6.52. The number of carbonyl (C=O) groups excluding carboxylic acids is 1. The van der Waals surface area contributed by atoms with Crippen molar-refractivity contribution in [3.8, 4) is 11.4 Å². The summed E-state index contributed by atoms with van der Waals surface area (Å²) in [5.74, 6) is 0.688. The molecule has 0 bridgehead atoms. The fourth-order valence-corrected chi connectivity index (χ4v) is 6.78. The Balaban J connectivity index is 1.07. The van der Waals surface area contributed by atoms with E-state index in [0.29, 0.717) is 23.5 Å². The van der Waals surface area contributed by atoms with Gasteiger partial charge in [0.2, 0.25) is 0 Å². The monoisotopic (exact) mass is 624 g/mol. The van der Waals surface area contributed by atoms with Crippen LogP contribution in [0.15, 0.2) is 83.6 Å².